The lowest BCUT2D eigenvalue weighted by atomic mass is 10.1. The monoisotopic (exact) mass is 519 g/mol. The fourth-order valence-corrected chi connectivity index (χ4v) is 5.53. The molecule has 0 radical (unpaired) electrons. The minimum Gasteiger partial charge on any atom is -0.490 e. The number of anilines is 2. The van der Waals surface area contributed by atoms with Gasteiger partial charge in [0.2, 0.25) is 11.9 Å². The van der Waals surface area contributed by atoms with Crippen molar-refractivity contribution in [3.05, 3.63) is 35.4 Å². The summed E-state index contributed by atoms with van der Waals surface area (Å²) >= 11 is 0. The molecule has 0 aliphatic carbocycles. The first-order valence-electron chi connectivity index (χ1n) is 13.9. The Morgan fingerprint density at radius 1 is 0.816 bits per heavy atom. The topological polar surface area (TPSA) is 109 Å². The molecule has 9 nitrogen and oxygen atoms in total. The second-order valence-electron chi connectivity index (χ2n) is 10.6. The van der Waals surface area contributed by atoms with Crippen LogP contribution in [-0.4, -0.2) is 50.3 Å². The summed E-state index contributed by atoms with van der Waals surface area (Å²) in [6.45, 7) is 8.17. The smallest absolute Gasteiger partial charge is 0.202 e. The molecular formula is C29H41N7O2. The third-order valence-corrected chi connectivity index (χ3v) is 7.52. The molecule has 2 unspecified atom stereocenters. The van der Waals surface area contributed by atoms with Crippen LogP contribution >= 0.6 is 0 Å². The van der Waals surface area contributed by atoms with E-state index in [4.69, 9.17) is 20.9 Å². The molecule has 4 N–H and O–H groups in total. The van der Waals surface area contributed by atoms with Crippen molar-refractivity contribution in [2.24, 2.45) is 0 Å². The molecule has 4 heterocycles. The number of fused-ring (bicyclic) bond motifs is 6. The zero-order chi connectivity index (χ0) is 27.0. The number of nitrogen functional groups attached to an aromatic ring is 2. The first kappa shape index (κ1) is 26.2. The van der Waals surface area contributed by atoms with Gasteiger partial charge in [0.05, 0.1) is 28.7 Å². The van der Waals surface area contributed by atoms with Gasteiger partial charge in [0, 0.05) is 30.5 Å². The quantitative estimate of drug-likeness (QED) is 0.354. The molecule has 2 aromatic heterocycles. The van der Waals surface area contributed by atoms with Crippen molar-refractivity contribution in [1.82, 2.24) is 24.0 Å². The molecule has 0 bridgehead atoms. The fraction of sp³-hybridized carbons (Fsp3) is 0.517. The number of unbranched alkanes of at least 4 members (excludes halogenated alkanes) is 1. The van der Waals surface area contributed by atoms with E-state index in [2.05, 4.69) is 44.8 Å². The van der Waals surface area contributed by atoms with Crippen LogP contribution in [0.25, 0.3) is 22.1 Å². The number of benzene rings is 2. The Kier molecular flexibility index (Phi) is 7.38. The molecule has 4 aromatic rings. The molecular weight excluding hydrogens is 478 g/mol. The Balaban J connectivity index is 0.000000155. The van der Waals surface area contributed by atoms with Crippen LogP contribution < -0.4 is 20.9 Å². The maximum atomic E-state index is 6.07. The number of ether oxygens (including phenoxy) is 2. The highest BCUT2D eigenvalue weighted by Crippen LogP contribution is 2.38. The minimum atomic E-state index is 0.282. The number of imidazole rings is 2. The van der Waals surface area contributed by atoms with Gasteiger partial charge in [-0.2, -0.15) is 0 Å². The summed E-state index contributed by atoms with van der Waals surface area (Å²) in [6, 6.07) is 8.06. The van der Waals surface area contributed by atoms with Crippen LogP contribution in [-0.2, 0) is 26.1 Å². The number of hydrogen-bond acceptors (Lipinski definition) is 7. The third-order valence-electron chi connectivity index (χ3n) is 7.52. The van der Waals surface area contributed by atoms with Crippen molar-refractivity contribution >= 4 is 34.0 Å². The molecule has 6 rings (SSSR count). The first-order valence-corrected chi connectivity index (χ1v) is 13.9. The van der Waals surface area contributed by atoms with Gasteiger partial charge in [0.25, 0.3) is 0 Å². The Hall–Kier alpha value is -3.46. The van der Waals surface area contributed by atoms with E-state index < -0.39 is 0 Å². The van der Waals surface area contributed by atoms with E-state index in [-0.39, 0.29) is 6.10 Å². The molecule has 9 heteroatoms. The maximum absolute atomic E-state index is 6.07. The average molecular weight is 520 g/mol. The predicted molar refractivity (Wildman–Crippen MR) is 154 cm³/mol. The number of nitrogens with two attached hydrogens (primary N) is 2. The van der Waals surface area contributed by atoms with Crippen LogP contribution in [0, 0.1) is 0 Å². The van der Waals surface area contributed by atoms with E-state index in [1.54, 1.807) is 0 Å². The lowest BCUT2D eigenvalue weighted by molar-refractivity contribution is 0.228. The van der Waals surface area contributed by atoms with E-state index in [9.17, 15) is 0 Å². The molecule has 0 saturated carbocycles. The zero-order valence-corrected chi connectivity index (χ0v) is 23.3. The highest BCUT2D eigenvalue weighted by atomic mass is 16.5. The van der Waals surface area contributed by atoms with Crippen LogP contribution in [0.4, 0.5) is 11.9 Å². The van der Waals surface area contributed by atoms with E-state index in [0.717, 1.165) is 79.8 Å². The van der Waals surface area contributed by atoms with Gasteiger partial charge in [-0.05, 0) is 57.6 Å². The Labute approximate surface area is 224 Å². The summed E-state index contributed by atoms with van der Waals surface area (Å²) in [6.07, 6.45) is 6.84. The van der Waals surface area contributed by atoms with Gasteiger partial charge in [-0.1, -0.05) is 27.2 Å². The molecule has 204 valence electrons. The summed E-state index contributed by atoms with van der Waals surface area (Å²) in [7, 11) is 4.06. The van der Waals surface area contributed by atoms with Gasteiger partial charge < -0.3 is 25.5 Å². The third kappa shape index (κ3) is 4.75. The molecule has 0 fully saturated rings. The Bertz CT molecular complexity index is 1440. The van der Waals surface area contributed by atoms with Gasteiger partial charge >= 0.3 is 0 Å². The van der Waals surface area contributed by atoms with Crippen LogP contribution in [0.1, 0.15) is 57.6 Å². The van der Waals surface area contributed by atoms with Gasteiger partial charge in [-0.15, -0.1) is 0 Å². The minimum absolute atomic E-state index is 0.282. The SMILES string of the molecule is CCC1Cc2c(ccc3nc(N)n(CN(C)C)c23)O1.CCCCn1c(N)nc2ccc3c(c21)CC(CC)O3. The van der Waals surface area contributed by atoms with Crippen molar-refractivity contribution in [1.29, 1.82) is 0 Å². The lowest BCUT2D eigenvalue weighted by Gasteiger charge is -2.13. The zero-order valence-electron chi connectivity index (χ0n) is 23.3. The van der Waals surface area contributed by atoms with E-state index in [1.165, 1.54) is 16.6 Å². The fourth-order valence-electron chi connectivity index (χ4n) is 5.53. The van der Waals surface area contributed by atoms with Crippen molar-refractivity contribution in [3.8, 4) is 11.5 Å². The number of hydrogen-bond donors (Lipinski definition) is 2. The summed E-state index contributed by atoms with van der Waals surface area (Å²) in [5.41, 5.74) is 18.9. The molecule has 0 amide bonds. The molecule has 2 aliphatic heterocycles. The first-order chi connectivity index (χ1) is 18.3. The van der Waals surface area contributed by atoms with Crippen molar-refractivity contribution in [3.63, 3.8) is 0 Å². The van der Waals surface area contributed by atoms with Crippen molar-refractivity contribution in [2.75, 3.05) is 25.6 Å². The van der Waals surface area contributed by atoms with Gasteiger partial charge in [0.1, 0.15) is 23.7 Å². The van der Waals surface area contributed by atoms with E-state index in [1.807, 2.05) is 38.4 Å². The second kappa shape index (κ2) is 10.7. The highest BCUT2D eigenvalue weighted by Gasteiger charge is 2.27. The highest BCUT2D eigenvalue weighted by molar-refractivity contribution is 5.85. The normalized spacial score (nSPS) is 17.8. The lowest BCUT2D eigenvalue weighted by Crippen LogP contribution is -2.18. The van der Waals surface area contributed by atoms with Gasteiger partial charge in [-0.25, -0.2) is 9.97 Å². The summed E-state index contributed by atoms with van der Waals surface area (Å²) in [5, 5.41) is 0. The molecule has 0 saturated heterocycles. The predicted octanol–water partition coefficient (Wildman–Crippen LogP) is 4.98. The standard InChI is InChI=1S/C15H21N3O.C14H20N4O/c1-3-5-8-18-14-11-9-10(4-2)19-13(11)7-6-12(14)17-15(18)16;1-4-9-7-10-12(19-9)6-5-11-13(10)18(8-17(2)3)14(15)16-11/h6-7,10H,3-5,8-9H2,1-2H3,(H2,16,17);5-6,9H,4,7-8H2,1-3H3,(H2,15,16). The van der Waals surface area contributed by atoms with Crippen LogP contribution in [0.3, 0.4) is 0 Å². The molecule has 38 heavy (non-hydrogen) atoms. The van der Waals surface area contributed by atoms with Crippen molar-refractivity contribution in [2.45, 2.75) is 84.7 Å². The van der Waals surface area contributed by atoms with Gasteiger partial charge in [0.15, 0.2) is 0 Å². The molecule has 2 aromatic carbocycles. The summed E-state index contributed by atoms with van der Waals surface area (Å²) in [5.74, 6) is 3.19. The number of aromatic nitrogens is 4. The second-order valence-corrected chi connectivity index (χ2v) is 10.6. The summed E-state index contributed by atoms with van der Waals surface area (Å²) < 4.78 is 16.1. The molecule has 0 spiro atoms. The average Bonchev–Trinajstić information content (AvgIpc) is 3.65. The number of nitrogens with zero attached hydrogens (tertiary/aromatic N) is 5. The molecule has 2 atom stereocenters. The van der Waals surface area contributed by atoms with Crippen LogP contribution in [0.5, 0.6) is 11.5 Å². The Morgan fingerprint density at radius 3 is 1.79 bits per heavy atom. The van der Waals surface area contributed by atoms with Crippen LogP contribution in [0.15, 0.2) is 24.3 Å². The molecule has 2 aliphatic rings. The number of rotatable bonds is 7. The maximum Gasteiger partial charge on any atom is 0.202 e. The van der Waals surface area contributed by atoms with Crippen molar-refractivity contribution < 1.29 is 9.47 Å². The van der Waals surface area contributed by atoms with Gasteiger partial charge in [-0.3, -0.25) is 9.47 Å². The van der Waals surface area contributed by atoms with Crippen LogP contribution in [0.2, 0.25) is 0 Å². The van der Waals surface area contributed by atoms with E-state index in [0.29, 0.717) is 18.0 Å². The largest absolute Gasteiger partial charge is 0.490 e. The van der Waals surface area contributed by atoms with E-state index >= 15 is 0 Å². The summed E-state index contributed by atoms with van der Waals surface area (Å²) in [4.78, 5) is 11.0. The number of aryl methyl sites for hydroxylation is 1. The Morgan fingerprint density at radius 2 is 1.32 bits per heavy atom.